The smallest absolute Gasteiger partial charge is 0.241 e. The Morgan fingerprint density at radius 1 is 1.23 bits per heavy atom. The Balaban J connectivity index is 2.03. The molecule has 0 spiro atoms. The summed E-state index contributed by atoms with van der Waals surface area (Å²) in [7, 11) is -2.03. The third-order valence-corrected chi connectivity index (χ3v) is 6.61. The number of ether oxygens (including phenoxy) is 1. The van der Waals surface area contributed by atoms with Gasteiger partial charge >= 0.3 is 0 Å². The highest BCUT2D eigenvalue weighted by atomic mass is 32.2. The second-order valence-corrected chi connectivity index (χ2v) is 9.07. The van der Waals surface area contributed by atoms with Crippen LogP contribution in [0.5, 0.6) is 5.75 Å². The quantitative estimate of drug-likeness (QED) is 0.821. The van der Waals surface area contributed by atoms with Gasteiger partial charge in [-0.25, -0.2) is 13.1 Å². The minimum atomic E-state index is -3.60. The maximum absolute atomic E-state index is 12.8. The molecule has 1 aromatic rings. The molecule has 1 heterocycles. The van der Waals surface area contributed by atoms with Crippen molar-refractivity contribution in [2.45, 2.75) is 57.9 Å². The standard InChI is InChI=1S/C19H30N2O4S/c1-13(2)12-19(22)21-10-8-16(9-11-21)20-26(23,24)18-7-6-17(25-5)14(3)15(18)4/h6-7,13,16,20H,8-12H2,1-5H3. The average molecular weight is 383 g/mol. The highest BCUT2D eigenvalue weighted by Gasteiger charge is 2.28. The number of nitrogens with one attached hydrogen (secondary N) is 1. The molecule has 1 aliphatic rings. The van der Waals surface area contributed by atoms with E-state index in [4.69, 9.17) is 4.74 Å². The van der Waals surface area contributed by atoms with Gasteiger partial charge in [-0.3, -0.25) is 4.79 Å². The van der Waals surface area contributed by atoms with Crippen molar-refractivity contribution in [3.63, 3.8) is 0 Å². The molecule has 0 saturated carbocycles. The Hall–Kier alpha value is -1.60. The number of piperidine rings is 1. The van der Waals surface area contributed by atoms with Crippen molar-refractivity contribution in [1.29, 1.82) is 0 Å². The van der Waals surface area contributed by atoms with Gasteiger partial charge in [0.1, 0.15) is 5.75 Å². The van der Waals surface area contributed by atoms with Gasteiger partial charge in [-0.1, -0.05) is 13.8 Å². The first-order valence-electron chi connectivity index (χ1n) is 9.10. The lowest BCUT2D eigenvalue weighted by atomic mass is 10.0. The number of likely N-dealkylation sites (tertiary alicyclic amines) is 1. The molecule has 1 saturated heterocycles. The van der Waals surface area contributed by atoms with Crippen LogP contribution in [0.1, 0.15) is 44.2 Å². The molecular formula is C19H30N2O4S. The molecular weight excluding hydrogens is 352 g/mol. The van der Waals surface area contributed by atoms with E-state index in [1.807, 2.05) is 25.7 Å². The Bertz CT molecular complexity index is 751. The summed E-state index contributed by atoms with van der Waals surface area (Å²) >= 11 is 0. The van der Waals surface area contributed by atoms with E-state index >= 15 is 0 Å². The number of carbonyl (C=O) groups excluding carboxylic acids is 1. The Labute approximate surface area is 157 Å². The van der Waals surface area contributed by atoms with Gasteiger partial charge in [0.05, 0.1) is 12.0 Å². The summed E-state index contributed by atoms with van der Waals surface area (Å²) in [6.07, 6.45) is 1.81. The number of hydrogen-bond acceptors (Lipinski definition) is 4. The third kappa shape index (κ3) is 4.76. The lowest BCUT2D eigenvalue weighted by Crippen LogP contribution is -2.46. The number of carbonyl (C=O) groups is 1. The van der Waals surface area contributed by atoms with Crippen molar-refractivity contribution >= 4 is 15.9 Å². The fraction of sp³-hybridized carbons (Fsp3) is 0.632. The predicted molar refractivity (Wildman–Crippen MR) is 102 cm³/mol. The van der Waals surface area contributed by atoms with Gasteiger partial charge in [0.25, 0.3) is 0 Å². The van der Waals surface area contributed by atoms with Gasteiger partial charge in [0, 0.05) is 25.6 Å². The summed E-state index contributed by atoms with van der Waals surface area (Å²) in [4.78, 5) is 14.3. The summed E-state index contributed by atoms with van der Waals surface area (Å²) in [5, 5.41) is 0. The molecule has 26 heavy (non-hydrogen) atoms. The van der Waals surface area contributed by atoms with Crippen molar-refractivity contribution in [3.05, 3.63) is 23.3 Å². The van der Waals surface area contributed by atoms with Crippen molar-refractivity contribution in [3.8, 4) is 5.75 Å². The molecule has 146 valence electrons. The largest absolute Gasteiger partial charge is 0.496 e. The van der Waals surface area contributed by atoms with E-state index in [0.29, 0.717) is 49.6 Å². The van der Waals surface area contributed by atoms with Gasteiger partial charge in [0.2, 0.25) is 15.9 Å². The molecule has 1 amide bonds. The van der Waals surface area contributed by atoms with Gasteiger partial charge in [-0.2, -0.15) is 0 Å². The molecule has 0 unspecified atom stereocenters. The number of amides is 1. The van der Waals surface area contributed by atoms with E-state index in [1.54, 1.807) is 26.2 Å². The Kier molecular flexibility index (Phi) is 6.69. The highest BCUT2D eigenvalue weighted by Crippen LogP contribution is 2.27. The maximum Gasteiger partial charge on any atom is 0.241 e. The van der Waals surface area contributed by atoms with Crippen molar-refractivity contribution in [1.82, 2.24) is 9.62 Å². The van der Waals surface area contributed by atoms with E-state index in [9.17, 15) is 13.2 Å². The first-order valence-corrected chi connectivity index (χ1v) is 10.6. The summed E-state index contributed by atoms with van der Waals surface area (Å²) in [6, 6.07) is 3.12. The highest BCUT2D eigenvalue weighted by molar-refractivity contribution is 7.89. The Morgan fingerprint density at radius 2 is 1.85 bits per heavy atom. The maximum atomic E-state index is 12.8. The molecule has 0 aliphatic carbocycles. The number of benzene rings is 1. The van der Waals surface area contributed by atoms with Crippen molar-refractivity contribution in [2.75, 3.05) is 20.2 Å². The van der Waals surface area contributed by atoms with Gasteiger partial charge in [0.15, 0.2) is 0 Å². The molecule has 1 aromatic carbocycles. The molecule has 1 fully saturated rings. The minimum Gasteiger partial charge on any atom is -0.496 e. The number of rotatable bonds is 6. The van der Waals surface area contributed by atoms with Gasteiger partial charge < -0.3 is 9.64 Å². The zero-order chi connectivity index (χ0) is 19.5. The molecule has 7 heteroatoms. The van der Waals surface area contributed by atoms with E-state index in [2.05, 4.69) is 4.72 Å². The van der Waals surface area contributed by atoms with E-state index in [0.717, 1.165) is 5.56 Å². The van der Waals surface area contributed by atoms with Crippen LogP contribution in [-0.2, 0) is 14.8 Å². The second kappa shape index (κ2) is 8.39. The van der Waals surface area contributed by atoms with E-state index in [1.165, 1.54) is 0 Å². The van der Waals surface area contributed by atoms with Crippen LogP contribution in [0.3, 0.4) is 0 Å². The van der Waals surface area contributed by atoms with Crippen LogP contribution < -0.4 is 9.46 Å². The third-order valence-electron chi connectivity index (χ3n) is 4.95. The molecule has 0 bridgehead atoms. The summed E-state index contributed by atoms with van der Waals surface area (Å²) in [6.45, 7) is 8.89. The van der Waals surface area contributed by atoms with Crippen LogP contribution in [-0.4, -0.2) is 45.5 Å². The molecule has 1 N–H and O–H groups in total. The number of hydrogen-bond donors (Lipinski definition) is 1. The summed E-state index contributed by atoms with van der Waals surface area (Å²) < 4.78 is 33.7. The minimum absolute atomic E-state index is 0.148. The van der Waals surface area contributed by atoms with Crippen LogP contribution in [0, 0.1) is 19.8 Å². The molecule has 6 nitrogen and oxygen atoms in total. The predicted octanol–water partition coefficient (Wildman–Crippen LogP) is 2.63. The topological polar surface area (TPSA) is 75.7 Å². The molecule has 0 aromatic heterocycles. The van der Waals surface area contributed by atoms with Crippen LogP contribution in [0.15, 0.2) is 17.0 Å². The van der Waals surface area contributed by atoms with Gasteiger partial charge in [-0.05, 0) is 55.9 Å². The fourth-order valence-electron chi connectivity index (χ4n) is 3.29. The second-order valence-electron chi connectivity index (χ2n) is 7.39. The van der Waals surface area contributed by atoms with E-state index in [-0.39, 0.29) is 16.8 Å². The average Bonchev–Trinajstić information content (AvgIpc) is 2.56. The number of nitrogens with zero attached hydrogens (tertiary/aromatic N) is 1. The van der Waals surface area contributed by atoms with E-state index < -0.39 is 10.0 Å². The van der Waals surface area contributed by atoms with Crippen LogP contribution in [0.4, 0.5) is 0 Å². The lowest BCUT2D eigenvalue weighted by Gasteiger charge is -2.32. The monoisotopic (exact) mass is 382 g/mol. The van der Waals surface area contributed by atoms with Crippen molar-refractivity contribution in [2.24, 2.45) is 5.92 Å². The zero-order valence-corrected chi connectivity index (χ0v) is 17.1. The van der Waals surface area contributed by atoms with Crippen LogP contribution in [0.2, 0.25) is 0 Å². The first-order chi connectivity index (χ1) is 12.2. The van der Waals surface area contributed by atoms with Gasteiger partial charge in [-0.15, -0.1) is 0 Å². The summed E-state index contributed by atoms with van der Waals surface area (Å²) in [5.41, 5.74) is 1.52. The SMILES string of the molecule is COc1ccc(S(=O)(=O)NC2CCN(C(=O)CC(C)C)CC2)c(C)c1C. The molecule has 0 radical (unpaired) electrons. The van der Waals surface area contributed by atoms with Crippen LogP contribution >= 0.6 is 0 Å². The summed E-state index contributed by atoms with van der Waals surface area (Å²) in [5.74, 6) is 1.17. The lowest BCUT2D eigenvalue weighted by molar-refractivity contribution is -0.133. The normalized spacial score (nSPS) is 16.2. The molecule has 2 rings (SSSR count). The fourth-order valence-corrected chi connectivity index (χ4v) is 4.90. The number of sulfonamides is 1. The molecule has 0 atom stereocenters. The van der Waals surface area contributed by atoms with Crippen LogP contribution in [0.25, 0.3) is 0 Å². The Morgan fingerprint density at radius 3 is 2.38 bits per heavy atom. The zero-order valence-electron chi connectivity index (χ0n) is 16.3. The van der Waals surface area contributed by atoms with Crippen molar-refractivity contribution < 1.29 is 17.9 Å². The molecule has 1 aliphatic heterocycles. The number of methoxy groups -OCH3 is 1. The first kappa shape index (κ1) is 20.7.